The van der Waals surface area contributed by atoms with E-state index < -0.39 is 17.7 Å². The number of aryl methyl sites for hydroxylation is 1. The number of benzene rings is 3. The highest BCUT2D eigenvalue weighted by atomic mass is 35.5. The van der Waals surface area contributed by atoms with Crippen molar-refractivity contribution in [1.29, 1.82) is 0 Å². The van der Waals surface area contributed by atoms with Crippen LogP contribution in [0.3, 0.4) is 0 Å². The monoisotopic (exact) mass is 433 g/mol. The van der Waals surface area contributed by atoms with Crippen molar-refractivity contribution in [2.24, 2.45) is 0 Å². The molecule has 2 N–H and O–H groups in total. The van der Waals surface area contributed by atoms with Crippen molar-refractivity contribution in [1.82, 2.24) is 0 Å². The molecule has 1 atom stereocenters. The standard InChI is InChI=1S/C25H20ClNO4/c1-2-15-9-11-16(12-10-15)23(29)21-22(17-5-3-8-20(28)13-17)27(25(31)24(21)30)19-7-4-6-18(26)14-19/h3-14,22,28-29H,2H2,1H3/b23-21+. The fourth-order valence-corrected chi connectivity index (χ4v) is 3.97. The van der Waals surface area contributed by atoms with E-state index in [2.05, 4.69) is 0 Å². The number of aromatic hydroxyl groups is 1. The number of rotatable bonds is 4. The molecule has 0 radical (unpaired) electrons. The first kappa shape index (κ1) is 20.7. The molecule has 5 nitrogen and oxygen atoms in total. The minimum absolute atomic E-state index is 0.0125. The molecular formula is C25H20ClNO4. The summed E-state index contributed by atoms with van der Waals surface area (Å²) in [6.45, 7) is 2.02. The van der Waals surface area contributed by atoms with Gasteiger partial charge in [-0.25, -0.2) is 0 Å². The van der Waals surface area contributed by atoms with Crippen LogP contribution in [0.4, 0.5) is 5.69 Å². The van der Waals surface area contributed by atoms with E-state index in [0.717, 1.165) is 12.0 Å². The zero-order valence-corrected chi connectivity index (χ0v) is 17.5. The van der Waals surface area contributed by atoms with Gasteiger partial charge in [-0.1, -0.05) is 61.0 Å². The Hall–Kier alpha value is -3.57. The van der Waals surface area contributed by atoms with Crippen molar-refractivity contribution in [2.75, 3.05) is 4.90 Å². The minimum atomic E-state index is -0.920. The van der Waals surface area contributed by atoms with E-state index in [1.165, 1.54) is 17.0 Å². The highest BCUT2D eigenvalue weighted by Crippen LogP contribution is 2.43. The Balaban J connectivity index is 1.94. The van der Waals surface area contributed by atoms with E-state index in [0.29, 0.717) is 21.8 Å². The van der Waals surface area contributed by atoms with Crippen molar-refractivity contribution in [3.63, 3.8) is 0 Å². The normalized spacial score (nSPS) is 17.9. The highest BCUT2D eigenvalue weighted by molar-refractivity contribution is 6.51. The molecule has 1 aliphatic heterocycles. The van der Waals surface area contributed by atoms with Gasteiger partial charge in [-0.3, -0.25) is 14.5 Å². The van der Waals surface area contributed by atoms with Gasteiger partial charge in [0, 0.05) is 16.3 Å². The van der Waals surface area contributed by atoms with Crippen LogP contribution in [0, 0.1) is 0 Å². The second-order valence-electron chi connectivity index (χ2n) is 7.29. The number of carbonyl (C=O) groups excluding carboxylic acids is 2. The zero-order chi connectivity index (χ0) is 22.1. The van der Waals surface area contributed by atoms with Crippen molar-refractivity contribution in [3.8, 4) is 5.75 Å². The summed E-state index contributed by atoms with van der Waals surface area (Å²) in [4.78, 5) is 27.4. The lowest BCUT2D eigenvalue weighted by molar-refractivity contribution is -0.132. The first-order valence-electron chi connectivity index (χ1n) is 9.85. The maximum Gasteiger partial charge on any atom is 0.300 e. The lowest BCUT2D eigenvalue weighted by atomic mass is 9.94. The van der Waals surface area contributed by atoms with Crippen molar-refractivity contribution in [2.45, 2.75) is 19.4 Å². The number of phenolic OH excluding ortho intramolecular Hbond substituents is 1. The number of anilines is 1. The quantitative estimate of drug-likeness (QED) is 0.335. The maximum atomic E-state index is 13.1. The molecular weight excluding hydrogens is 414 g/mol. The van der Waals surface area contributed by atoms with E-state index >= 15 is 0 Å². The second-order valence-corrected chi connectivity index (χ2v) is 7.73. The average Bonchev–Trinajstić information content (AvgIpc) is 3.04. The smallest absolute Gasteiger partial charge is 0.300 e. The van der Waals surface area contributed by atoms with Gasteiger partial charge in [-0.2, -0.15) is 0 Å². The van der Waals surface area contributed by atoms with Crippen LogP contribution in [-0.2, 0) is 16.0 Å². The van der Waals surface area contributed by atoms with Gasteiger partial charge in [0.1, 0.15) is 11.5 Å². The molecule has 1 fully saturated rings. The molecule has 3 aromatic carbocycles. The summed E-state index contributed by atoms with van der Waals surface area (Å²) < 4.78 is 0. The number of nitrogens with zero attached hydrogens (tertiary/aromatic N) is 1. The van der Waals surface area contributed by atoms with E-state index in [4.69, 9.17) is 11.6 Å². The number of Topliss-reactive ketones (excluding diaryl/α,β-unsaturated/α-hetero) is 1. The topological polar surface area (TPSA) is 77.8 Å². The van der Waals surface area contributed by atoms with Gasteiger partial charge in [0.2, 0.25) is 0 Å². The van der Waals surface area contributed by atoms with Crippen molar-refractivity contribution >= 4 is 34.7 Å². The van der Waals surface area contributed by atoms with Gasteiger partial charge in [-0.15, -0.1) is 0 Å². The van der Waals surface area contributed by atoms with Gasteiger partial charge in [0.15, 0.2) is 0 Å². The molecule has 0 saturated carbocycles. The fourth-order valence-electron chi connectivity index (χ4n) is 3.79. The lowest BCUT2D eigenvalue weighted by Gasteiger charge is -2.25. The molecule has 6 heteroatoms. The molecule has 156 valence electrons. The molecule has 0 spiro atoms. The molecule has 1 amide bonds. The molecule has 4 rings (SSSR count). The van der Waals surface area contributed by atoms with Crippen LogP contribution >= 0.6 is 11.6 Å². The van der Waals surface area contributed by atoms with Crippen LogP contribution in [0.2, 0.25) is 5.02 Å². The summed E-state index contributed by atoms with van der Waals surface area (Å²) in [6.07, 6.45) is 0.837. The third-order valence-electron chi connectivity index (χ3n) is 5.35. The number of aliphatic hydroxyl groups is 1. The molecule has 3 aromatic rings. The summed E-state index contributed by atoms with van der Waals surface area (Å²) in [7, 11) is 0. The first-order chi connectivity index (χ1) is 14.9. The Kier molecular flexibility index (Phi) is 5.53. The van der Waals surface area contributed by atoms with Crippen molar-refractivity contribution in [3.05, 3.63) is 100 Å². The molecule has 1 heterocycles. The van der Waals surface area contributed by atoms with E-state index in [9.17, 15) is 19.8 Å². The largest absolute Gasteiger partial charge is 0.508 e. The predicted octanol–water partition coefficient (Wildman–Crippen LogP) is 5.23. The van der Waals surface area contributed by atoms with E-state index in [1.54, 1.807) is 48.5 Å². The van der Waals surface area contributed by atoms with Crippen molar-refractivity contribution < 1.29 is 19.8 Å². The number of amides is 1. The Bertz CT molecular complexity index is 1200. The summed E-state index contributed by atoms with van der Waals surface area (Å²) in [5.41, 5.74) is 2.39. The number of ketones is 1. The number of halogens is 1. The predicted molar refractivity (Wildman–Crippen MR) is 120 cm³/mol. The van der Waals surface area contributed by atoms with Gasteiger partial charge >= 0.3 is 0 Å². The molecule has 1 aliphatic rings. The zero-order valence-electron chi connectivity index (χ0n) is 16.7. The molecule has 0 aromatic heterocycles. The van der Waals surface area contributed by atoms with Gasteiger partial charge in [-0.05, 0) is 47.9 Å². The number of hydrogen-bond acceptors (Lipinski definition) is 4. The summed E-state index contributed by atoms with van der Waals surface area (Å²) in [5, 5.41) is 21.5. The number of carbonyl (C=O) groups is 2. The molecule has 0 bridgehead atoms. The first-order valence-corrected chi connectivity index (χ1v) is 10.2. The average molecular weight is 434 g/mol. The number of hydrogen-bond donors (Lipinski definition) is 2. The van der Waals surface area contributed by atoms with Gasteiger partial charge in [0.05, 0.1) is 11.6 Å². The lowest BCUT2D eigenvalue weighted by Crippen LogP contribution is -2.29. The molecule has 1 saturated heterocycles. The van der Waals surface area contributed by atoms with Gasteiger partial charge < -0.3 is 10.2 Å². The van der Waals surface area contributed by atoms with Crippen LogP contribution in [0.25, 0.3) is 5.76 Å². The van der Waals surface area contributed by atoms with Crippen LogP contribution in [0.1, 0.15) is 29.7 Å². The molecule has 0 aliphatic carbocycles. The third kappa shape index (κ3) is 3.80. The van der Waals surface area contributed by atoms with E-state index in [1.807, 2.05) is 19.1 Å². The summed E-state index contributed by atoms with van der Waals surface area (Å²) >= 11 is 6.13. The molecule has 1 unspecified atom stereocenters. The Morgan fingerprint density at radius 1 is 1.00 bits per heavy atom. The summed E-state index contributed by atoms with van der Waals surface area (Å²) in [6, 6.07) is 19.1. The third-order valence-corrected chi connectivity index (χ3v) is 5.59. The van der Waals surface area contributed by atoms with Crippen LogP contribution in [0.15, 0.2) is 78.4 Å². The van der Waals surface area contributed by atoms with Crippen LogP contribution in [-0.4, -0.2) is 21.9 Å². The summed E-state index contributed by atoms with van der Waals surface area (Å²) in [5.74, 6) is -1.85. The number of phenols is 1. The maximum absolute atomic E-state index is 13.1. The SMILES string of the molecule is CCc1ccc(/C(O)=C2\C(=O)C(=O)N(c3cccc(Cl)c3)C2c2cccc(O)c2)cc1. The van der Waals surface area contributed by atoms with Crippen LogP contribution < -0.4 is 4.90 Å². The Morgan fingerprint density at radius 2 is 1.71 bits per heavy atom. The van der Waals surface area contributed by atoms with E-state index in [-0.39, 0.29) is 17.1 Å². The Morgan fingerprint density at radius 3 is 2.35 bits per heavy atom. The second kappa shape index (κ2) is 8.28. The minimum Gasteiger partial charge on any atom is -0.508 e. The Labute approximate surface area is 184 Å². The van der Waals surface area contributed by atoms with Crippen LogP contribution in [0.5, 0.6) is 5.75 Å². The fraction of sp³-hybridized carbons (Fsp3) is 0.120. The molecule has 31 heavy (non-hydrogen) atoms. The van der Waals surface area contributed by atoms with Gasteiger partial charge in [0.25, 0.3) is 11.7 Å². The number of aliphatic hydroxyl groups excluding tert-OH is 1. The highest BCUT2D eigenvalue weighted by Gasteiger charge is 2.47.